The average molecular weight is 290 g/mol. The van der Waals surface area contributed by atoms with Crippen molar-refractivity contribution in [2.24, 2.45) is 0 Å². The van der Waals surface area contributed by atoms with Gasteiger partial charge in [0, 0.05) is 31.8 Å². The normalized spacial score (nSPS) is 15.8. The Morgan fingerprint density at radius 1 is 1.33 bits per heavy atom. The Morgan fingerprint density at radius 3 is 2.67 bits per heavy atom. The Labute approximate surface area is 125 Å². The van der Waals surface area contributed by atoms with Crippen molar-refractivity contribution >= 4 is 11.8 Å². The van der Waals surface area contributed by atoms with E-state index in [9.17, 15) is 9.59 Å². The molecule has 5 heteroatoms. The van der Waals surface area contributed by atoms with Gasteiger partial charge < -0.3 is 15.0 Å². The van der Waals surface area contributed by atoms with Crippen molar-refractivity contribution in [1.29, 1.82) is 0 Å². The lowest BCUT2D eigenvalue weighted by Crippen LogP contribution is -2.47. The van der Waals surface area contributed by atoms with E-state index in [4.69, 9.17) is 4.74 Å². The third-order valence-electron chi connectivity index (χ3n) is 3.69. The van der Waals surface area contributed by atoms with E-state index in [1.54, 1.807) is 0 Å². The summed E-state index contributed by atoms with van der Waals surface area (Å²) in [5.74, 6) is -0.0265. The van der Waals surface area contributed by atoms with Gasteiger partial charge in [-0.15, -0.1) is 0 Å². The zero-order valence-corrected chi connectivity index (χ0v) is 12.6. The molecule has 21 heavy (non-hydrogen) atoms. The molecule has 1 heterocycles. The second kappa shape index (κ2) is 7.22. The lowest BCUT2D eigenvalue weighted by molar-refractivity contribution is -0.125. The monoisotopic (exact) mass is 290 g/mol. The maximum atomic E-state index is 12.4. The van der Waals surface area contributed by atoms with Gasteiger partial charge in [-0.2, -0.15) is 0 Å². The highest BCUT2D eigenvalue weighted by Gasteiger charge is 2.24. The number of likely N-dealkylation sites (tertiary alicyclic amines) is 1. The van der Waals surface area contributed by atoms with Gasteiger partial charge in [-0.05, 0) is 31.9 Å². The molecule has 1 aliphatic heterocycles. The van der Waals surface area contributed by atoms with Gasteiger partial charge in [0.2, 0.25) is 5.91 Å². The fourth-order valence-corrected chi connectivity index (χ4v) is 2.59. The lowest BCUT2D eigenvalue weighted by Gasteiger charge is -2.32. The first-order chi connectivity index (χ1) is 10.1. The minimum absolute atomic E-state index is 0.0698. The quantitative estimate of drug-likeness (QED) is 0.911. The maximum absolute atomic E-state index is 12.4. The number of methoxy groups -OCH3 is 1. The first-order valence-corrected chi connectivity index (χ1v) is 7.24. The molecule has 0 bridgehead atoms. The zero-order chi connectivity index (χ0) is 15.2. The number of hydrogen-bond acceptors (Lipinski definition) is 3. The van der Waals surface area contributed by atoms with Crippen LogP contribution in [0, 0.1) is 6.92 Å². The predicted molar refractivity (Wildman–Crippen MR) is 80.1 cm³/mol. The number of benzene rings is 1. The summed E-state index contributed by atoms with van der Waals surface area (Å²) in [5, 5.41) is 2.93. The molecule has 1 aromatic rings. The summed E-state index contributed by atoms with van der Waals surface area (Å²) in [6, 6.07) is 7.78. The molecule has 1 N–H and O–H groups in total. The number of amides is 2. The molecule has 0 radical (unpaired) electrons. The van der Waals surface area contributed by atoms with Crippen molar-refractivity contribution in [3.63, 3.8) is 0 Å². The molecular weight excluding hydrogens is 268 g/mol. The Hall–Kier alpha value is -1.88. The molecule has 0 aromatic heterocycles. The Bertz CT molecular complexity index is 508. The van der Waals surface area contributed by atoms with Gasteiger partial charge in [-0.25, -0.2) is 0 Å². The topological polar surface area (TPSA) is 58.6 Å². The number of carbonyl (C=O) groups is 2. The van der Waals surface area contributed by atoms with E-state index in [2.05, 4.69) is 5.32 Å². The van der Waals surface area contributed by atoms with Crippen LogP contribution >= 0.6 is 0 Å². The maximum Gasteiger partial charge on any atom is 0.253 e. The minimum atomic E-state index is -0.0963. The first kappa shape index (κ1) is 15.5. The van der Waals surface area contributed by atoms with Gasteiger partial charge >= 0.3 is 0 Å². The van der Waals surface area contributed by atoms with Crippen LogP contribution in [0.4, 0.5) is 0 Å². The van der Waals surface area contributed by atoms with Gasteiger partial charge in [0.05, 0.1) is 0 Å². The van der Waals surface area contributed by atoms with E-state index in [1.165, 1.54) is 7.11 Å². The summed E-state index contributed by atoms with van der Waals surface area (Å²) >= 11 is 0. The number of nitrogens with zero attached hydrogens (tertiary/aromatic N) is 1. The van der Waals surface area contributed by atoms with Crippen LogP contribution in [0.25, 0.3) is 0 Å². The van der Waals surface area contributed by atoms with Crippen LogP contribution in [0.5, 0.6) is 0 Å². The van der Waals surface area contributed by atoms with Crippen LogP contribution < -0.4 is 5.32 Å². The molecule has 114 valence electrons. The molecule has 5 nitrogen and oxygen atoms in total. The molecule has 1 fully saturated rings. The highest BCUT2D eigenvalue weighted by atomic mass is 16.5. The average Bonchev–Trinajstić information content (AvgIpc) is 2.47. The van der Waals surface area contributed by atoms with Gasteiger partial charge in [0.25, 0.3) is 5.91 Å². The molecule has 0 spiro atoms. The van der Waals surface area contributed by atoms with Crippen LogP contribution in [-0.2, 0) is 9.53 Å². The van der Waals surface area contributed by atoms with E-state index in [0.717, 1.165) is 24.0 Å². The van der Waals surface area contributed by atoms with Gasteiger partial charge in [0.15, 0.2) is 0 Å². The van der Waals surface area contributed by atoms with Crippen molar-refractivity contribution < 1.29 is 14.3 Å². The van der Waals surface area contributed by atoms with Crippen molar-refractivity contribution in [2.45, 2.75) is 25.8 Å². The van der Waals surface area contributed by atoms with Gasteiger partial charge in [-0.3, -0.25) is 9.59 Å². The fourth-order valence-electron chi connectivity index (χ4n) is 2.59. The highest BCUT2D eigenvalue weighted by Crippen LogP contribution is 2.15. The SMILES string of the molecule is COCC(=O)NC1CCN(C(=O)c2cccc(C)c2)CC1. The minimum Gasteiger partial charge on any atom is -0.375 e. The number of rotatable bonds is 4. The summed E-state index contributed by atoms with van der Waals surface area (Å²) in [6.07, 6.45) is 1.57. The second-order valence-electron chi connectivity index (χ2n) is 5.44. The lowest BCUT2D eigenvalue weighted by atomic mass is 10.0. The standard InChI is InChI=1S/C16H22N2O3/c1-12-4-3-5-13(10-12)16(20)18-8-6-14(7-9-18)17-15(19)11-21-2/h3-5,10,14H,6-9,11H2,1-2H3,(H,17,19). The second-order valence-corrected chi connectivity index (χ2v) is 5.44. The van der Waals surface area contributed by atoms with Crippen molar-refractivity contribution in [3.8, 4) is 0 Å². The Kier molecular flexibility index (Phi) is 5.33. The van der Waals surface area contributed by atoms with E-state index in [1.807, 2.05) is 36.1 Å². The van der Waals surface area contributed by atoms with Crippen molar-refractivity contribution in [3.05, 3.63) is 35.4 Å². The van der Waals surface area contributed by atoms with Crippen molar-refractivity contribution in [1.82, 2.24) is 10.2 Å². The summed E-state index contributed by atoms with van der Waals surface area (Å²) in [5.41, 5.74) is 1.82. The van der Waals surface area contributed by atoms with Crippen LogP contribution in [0.3, 0.4) is 0 Å². The smallest absolute Gasteiger partial charge is 0.253 e. The molecule has 1 aliphatic rings. The summed E-state index contributed by atoms with van der Waals surface area (Å²) < 4.78 is 4.80. The first-order valence-electron chi connectivity index (χ1n) is 7.24. The molecular formula is C16H22N2O3. The summed E-state index contributed by atoms with van der Waals surface area (Å²) in [7, 11) is 1.50. The van der Waals surface area contributed by atoms with E-state index >= 15 is 0 Å². The van der Waals surface area contributed by atoms with E-state index < -0.39 is 0 Å². The van der Waals surface area contributed by atoms with E-state index in [0.29, 0.717) is 13.1 Å². The molecule has 2 amide bonds. The third kappa shape index (κ3) is 4.29. The van der Waals surface area contributed by atoms with Crippen LogP contribution in [0.2, 0.25) is 0 Å². The molecule has 0 atom stereocenters. The van der Waals surface area contributed by atoms with Crippen LogP contribution in [-0.4, -0.2) is 49.6 Å². The highest BCUT2D eigenvalue weighted by molar-refractivity contribution is 5.94. The van der Waals surface area contributed by atoms with Crippen molar-refractivity contribution in [2.75, 3.05) is 26.8 Å². The molecule has 1 saturated heterocycles. The summed E-state index contributed by atoms with van der Waals surface area (Å²) in [4.78, 5) is 25.7. The largest absolute Gasteiger partial charge is 0.375 e. The van der Waals surface area contributed by atoms with Gasteiger partial charge in [0.1, 0.15) is 6.61 Å². The number of hydrogen-bond donors (Lipinski definition) is 1. The van der Waals surface area contributed by atoms with Crippen LogP contribution in [0.1, 0.15) is 28.8 Å². The molecule has 1 aromatic carbocycles. The Balaban J connectivity index is 1.86. The molecule has 0 unspecified atom stereocenters. The van der Waals surface area contributed by atoms with E-state index in [-0.39, 0.29) is 24.5 Å². The zero-order valence-electron chi connectivity index (χ0n) is 12.6. The number of carbonyl (C=O) groups excluding carboxylic acids is 2. The van der Waals surface area contributed by atoms with Gasteiger partial charge in [-0.1, -0.05) is 17.7 Å². The van der Waals surface area contributed by atoms with Crippen LogP contribution in [0.15, 0.2) is 24.3 Å². The predicted octanol–water partition coefficient (Wildman–Crippen LogP) is 1.36. The number of aryl methyl sites for hydroxylation is 1. The number of nitrogens with one attached hydrogen (secondary N) is 1. The number of piperidine rings is 1. The Morgan fingerprint density at radius 2 is 2.05 bits per heavy atom. The molecule has 2 rings (SSSR count). The molecule has 0 aliphatic carbocycles. The number of ether oxygens (including phenoxy) is 1. The third-order valence-corrected chi connectivity index (χ3v) is 3.69. The summed E-state index contributed by atoms with van der Waals surface area (Å²) in [6.45, 7) is 3.41. The molecule has 0 saturated carbocycles. The fraction of sp³-hybridized carbons (Fsp3) is 0.500.